The van der Waals surface area contributed by atoms with Crippen LogP contribution in [0.5, 0.6) is 0 Å². The highest BCUT2D eigenvalue weighted by Gasteiger charge is 2.35. The number of nitrogens with one attached hydrogen (secondary N) is 2. The summed E-state index contributed by atoms with van der Waals surface area (Å²) in [5, 5.41) is 2.55. The quantitative estimate of drug-likeness (QED) is 0.684. The first kappa shape index (κ1) is 19.0. The fourth-order valence-electron chi connectivity index (χ4n) is 3.57. The van der Waals surface area contributed by atoms with Crippen molar-refractivity contribution >= 4 is 28.2 Å². The van der Waals surface area contributed by atoms with Gasteiger partial charge in [-0.05, 0) is 43.2 Å². The number of pyridine rings is 1. The minimum atomic E-state index is -4.64. The molecule has 0 aliphatic carbocycles. The van der Waals surface area contributed by atoms with Crippen LogP contribution >= 0.6 is 0 Å². The van der Waals surface area contributed by atoms with E-state index >= 15 is 0 Å². The number of para-hydroxylation sites is 1. The maximum Gasteiger partial charge on any atom is 0.418 e. The molecule has 0 saturated carbocycles. The lowest BCUT2D eigenvalue weighted by atomic mass is 10.1. The highest BCUT2D eigenvalue weighted by atomic mass is 19.4. The van der Waals surface area contributed by atoms with E-state index in [1.807, 2.05) is 4.90 Å². The molecule has 3 aromatic rings. The number of nitrogens with zero attached hydrogens (tertiary/aromatic N) is 1. The molecule has 1 saturated heterocycles. The molecule has 29 heavy (non-hydrogen) atoms. The van der Waals surface area contributed by atoms with Crippen LogP contribution in [0.2, 0.25) is 0 Å². The van der Waals surface area contributed by atoms with E-state index in [0.717, 1.165) is 18.9 Å². The lowest BCUT2D eigenvalue weighted by Crippen LogP contribution is -2.24. The lowest BCUT2D eigenvalue weighted by molar-refractivity contribution is -0.136. The molecule has 0 atom stereocenters. The summed E-state index contributed by atoms with van der Waals surface area (Å²) in [6, 6.07) is 10.5. The predicted molar refractivity (Wildman–Crippen MR) is 105 cm³/mol. The summed E-state index contributed by atoms with van der Waals surface area (Å²) < 4.78 is 40.9. The van der Waals surface area contributed by atoms with Gasteiger partial charge in [-0.1, -0.05) is 12.1 Å². The first-order chi connectivity index (χ1) is 13.8. The van der Waals surface area contributed by atoms with Gasteiger partial charge in [0.25, 0.3) is 5.91 Å². The molecule has 2 N–H and O–H groups in total. The first-order valence-electron chi connectivity index (χ1n) is 9.22. The van der Waals surface area contributed by atoms with Gasteiger partial charge in [0.05, 0.1) is 11.3 Å². The summed E-state index contributed by atoms with van der Waals surface area (Å²) >= 11 is 0. The van der Waals surface area contributed by atoms with Gasteiger partial charge in [0.1, 0.15) is 5.56 Å². The largest absolute Gasteiger partial charge is 0.418 e. The zero-order valence-corrected chi connectivity index (χ0v) is 15.3. The number of alkyl halides is 3. The third-order valence-corrected chi connectivity index (χ3v) is 5.06. The van der Waals surface area contributed by atoms with Gasteiger partial charge in [0, 0.05) is 35.9 Å². The standard InChI is InChI=1S/C21H18F3N3O2/c22-21(23,24)16-11-13(27-9-3-4-10-27)7-8-18(16)26-20(29)15-12-25-17-6-2-1-5-14(17)19(15)28/h1-2,5-8,11-12H,3-4,9-10H2,(H,25,28)(H,26,29). The normalized spacial score (nSPS) is 14.4. The van der Waals surface area contributed by atoms with Crippen molar-refractivity contribution in [2.45, 2.75) is 19.0 Å². The number of anilines is 2. The van der Waals surface area contributed by atoms with Crippen LogP contribution in [0.3, 0.4) is 0 Å². The van der Waals surface area contributed by atoms with Crippen molar-refractivity contribution in [1.29, 1.82) is 0 Å². The minimum absolute atomic E-state index is 0.250. The van der Waals surface area contributed by atoms with E-state index in [1.165, 1.54) is 12.3 Å². The minimum Gasteiger partial charge on any atom is -0.372 e. The Labute approximate surface area is 164 Å². The van der Waals surface area contributed by atoms with E-state index in [1.54, 1.807) is 30.3 Å². The van der Waals surface area contributed by atoms with Gasteiger partial charge in [-0.3, -0.25) is 9.59 Å². The molecule has 1 aliphatic rings. The molecule has 8 heteroatoms. The lowest BCUT2D eigenvalue weighted by Gasteiger charge is -2.21. The molecule has 1 amide bonds. The smallest absolute Gasteiger partial charge is 0.372 e. The Hall–Kier alpha value is -3.29. The van der Waals surface area contributed by atoms with Crippen molar-refractivity contribution in [1.82, 2.24) is 4.98 Å². The van der Waals surface area contributed by atoms with E-state index in [4.69, 9.17) is 0 Å². The van der Waals surface area contributed by atoms with Crippen LogP contribution in [0, 0.1) is 0 Å². The monoisotopic (exact) mass is 401 g/mol. The Balaban J connectivity index is 1.69. The van der Waals surface area contributed by atoms with Crippen LogP contribution in [0.1, 0.15) is 28.8 Å². The molecule has 150 valence electrons. The second-order valence-electron chi connectivity index (χ2n) is 6.95. The number of amides is 1. The predicted octanol–water partition coefficient (Wildman–Crippen LogP) is 4.40. The SMILES string of the molecule is O=C(Nc1ccc(N2CCCC2)cc1C(F)(F)F)c1c[nH]c2ccccc2c1=O. The third-order valence-electron chi connectivity index (χ3n) is 5.06. The average molecular weight is 401 g/mol. The Kier molecular flexibility index (Phi) is 4.77. The number of benzene rings is 2. The number of aromatic nitrogens is 1. The molecule has 0 unspecified atom stereocenters. The molecule has 5 nitrogen and oxygen atoms in total. The molecular formula is C21H18F3N3O2. The number of carbonyl (C=O) groups is 1. The molecule has 1 fully saturated rings. The number of aromatic amines is 1. The summed E-state index contributed by atoms with van der Waals surface area (Å²) in [7, 11) is 0. The number of hydrogen-bond acceptors (Lipinski definition) is 3. The third kappa shape index (κ3) is 3.70. The van der Waals surface area contributed by atoms with Gasteiger partial charge < -0.3 is 15.2 Å². The number of rotatable bonds is 3. The second-order valence-corrected chi connectivity index (χ2v) is 6.95. The first-order valence-corrected chi connectivity index (χ1v) is 9.22. The Morgan fingerprint density at radius 2 is 1.79 bits per heavy atom. The summed E-state index contributed by atoms with van der Waals surface area (Å²) in [5.41, 5.74) is -1.10. The Bertz CT molecular complexity index is 1130. The summed E-state index contributed by atoms with van der Waals surface area (Å²) in [5.74, 6) is -0.892. The molecule has 1 aromatic heterocycles. The molecular weight excluding hydrogens is 383 g/mol. The van der Waals surface area contributed by atoms with E-state index < -0.39 is 23.1 Å². The molecule has 4 rings (SSSR count). The van der Waals surface area contributed by atoms with Crippen LogP contribution < -0.4 is 15.6 Å². The zero-order valence-electron chi connectivity index (χ0n) is 15.3. The summed E-state index contributed by atoms with van der Waals surface area (Å²) in [6.07, 6.45) is -1.56. The van der Waals surface area contributed by atoms with Gasteiger partial charge in [0.15, 0.2) is 0 Å². The van der Waals surface area contributed by atoms with Crippen LogP contribution in [0.25, 0.3) is 10.9 Å². The molecule has 0 radical (unpaired) electrons. The maximum absolute atomic E-state index is 13.6. The average Bonchev–Trinajstić information content (AvgIpc) is 3.22. The van der Waals surface area contributed by atoms with Gasteiger partial charge in [0.2, 0.25) is 5.43 Å². The number of fused-ring (bicyclic) bond motifs is 1. The summed E-state index contributed by atoms with van der Waals surface area (Å²) in [4.78, 5) is 29.9. The number of halogens is 3. The fourth-order valence-corrected chi connectivity index (χ4v) is 3.57. The van der Waals surface area contributed by atoms with Crippen molar-refractivity contribution in [2.75, 3.05) is 23.3 Å². The van der Waals surface area contributed by atoms with Crippen LogP contribution in [-0.2, 0) is 6.18 Å². The van der Waals surface area contributed by atoms with Gasteiger partial charge in [-0.25, -0.2) is 0 Å². The maximum atomic E-state index is 13.6. The number of carbonyl (C=O) groups excluding carboxylic acids is 1. The molecule has 0 bridgehead atoms. The molecule has 2 aromatic carbocycles. The van der Waals surface area contributed by atoms with Crippen LogP contribution in [0.4, 0.5) is 24.5 Å². The van der Waals surface area contributed by atoms with Gasteiger partial charge in [-0.15, -0.1) is 0 Å². The second kappa shape index (κ2) is 7.27. The van der Waals surface area contributed by atoms with E-state index in [2.05, 4.69) is 10.3 Å². The number of H-pyrrole nitrogens is 1. The van der Waals surface area contributed by atoms with E-state index in [9.17, 15) is 22.8 Å². The van der Waals surface area contributed by atoms with Gasteiger partial charge in [-0.2, -0.15) is 13.2 Å². The fraction of sp³-hybridized carbons (Fsp3) is 0.238. The van der Waals surface area contributed by atoms with E-state index in [0.29, 0.717) is 29.7 Å². The van der Waals surface area contributed by atoms with Gasteiger partial charge >= 0.3 is 6.18 Å². The van der Waals surface area contributed by atoms with Crippen molar-refractivity contribution in [3.8, 4) is 0 Å². The highest BCUT2D eigenvalue weighted by Crippen LogP contribution is 2.38. The zero-order chi connectivity index (χ0) is 20.6. The van der Waals surface area contributed by atoms with Crippen molar-refractivity contribution < 1.29 is 18.0 Å². The Morgan fingerprint density at radius 1 is 1.07 bits per heavy atom. The van der Waals surface area contributed by atoms with Crippen LogP contribution in [-0.4, -0.2) is 24.0 Å². The highest BCUT2D eigenvalue weighted by molar-refractivity contribution is 6.06. The molecule has 1 aliphatic heterocycles. The van der Waals surface area contributed by atoms with E-state index in [-0.39, 0.29) is 11.3 Å². The van der Waals surface area contributed by atoms with Crippen molar-refractivity contribution in [3.05, 3.63) is 70.0 Å². The Morgan fingerprint density at radius 3 is 2.52 bits per heavy atom. The topological polar surface area (TPSA) is 65.2 Å². The molecule has 2 heterocycles. The van der Waals surface area contributed by atoms with Crippen molar-refractivity contribution in [2.24, 2.45) is 0 Å². The summed E-state index contributed by atoms with van der Waals surface area (Å²) in [6.45, 7) is 1.41. The van der Waals surface area contributed by atoms with Crippen molar-refractivity contribution in [3.63, 3.8) is 0 Å². The molecule has 0 spiro atoms. The van der Waals surface area contributed by atoms with Crippen LogP contribution in [0.15, 0.2) is 53.5 Å². The number of hydrogen-bond donors (Lipinski definition) is 2.